The maximum Gasteiger partial charge on any atom is 0.272 e. The molecule has 1 aliphatic rings. The van der Waals surface area contributed by atoms with Gasteiger partial charge >= 0.3 is 0 Å². The van der Waals surface area contributed by atoms with E-state index in [2.05, 4.69) is 22.2 Å². The predicted octanol–water partition coefficient (Wildman–Crippen LogP) is 3.95. The molecule has 28 heavy (non-hydrogen) atoms. The SMILES string of the molecule is CCC1CCCCN1C(=O)c1cc(C)nc(Nc2ccc(OC)cc2OC)n1. The molecule has 0 radical (unpaired) electrons. The monoisotopic (exact) mass is 384 g/mol. The number of anilines is 2. The molecule has 0 aliphatic carbocycles. The molecular formula is C21H28N4O3. The third-order valence-corrected chi connectivity index (χ3v) is 5.09. The van der Waals surface area contributed by atoms with Crippen LogP contribution in [0.1, 0.15) is 48.8 Å². The third kappa shape index (κ3) is 4.35. The van der Waals surface area contributed by atoms with E-state index in [0.29, 0.717) is 28.8 Å². The first kappa shape index (κ1) is 19.9. The van der Waals surface area contributed by atoms with Gasteiger partial charge in [0.2, 0.25) is 5.95 Å². The Hall–Kier alpha value is -2.83. The van der Waals surface area contributed by atoms with Crippen molar-refractivity contribution in [2.75, 3.05) is 26.1 Å². The summed E-state index contributed by atoms with van der Waals surface area (Å²) < 4.78 is 10.6. The Morgan fingerprint density at radius 3 is 2.75 bits per heavy atom. The average molecular weight is 384 g/mol. The molecule has 1 saturated heterocycles. The summed E-state index contributed by atoms with van der Waals surface area (Å²) in [7, 11) is 3.20. The number of nitrogens with zero attached hydrogens (tertiary/aromatic N) is 3. The highest BCUT2D eigenvalue weighted by molar-refractivity contribution is 5.93. The third-order valence-electron chi connectivity index (χ3n) is 5.09. The molecule has 0 saturated carbocycles. The van der Waals surface area contributed by atoms with E-state index in [0.717, 1.165) is 31.5 Å². The van der Waals surface area contributed by atoms with Crippen LogP contribution in [0.3, 0.4) is 0 Å². The van der Waals surface area contributed by atoms with Crippen molar-refractivity contribution >= 4 is 17.5 Å². The van der Waals surface area contributed by atoms with Crippen LogP contribution in [0.2, 0.25) is 0 Å². The highest BCUT2D eigenvalue weighted by Gasteiger charge is 2.27. The van der Waals surface area contributed by atoms with Crippen molar-refractivity contribution in [2.24, 2.45) is 0 Å². The maximum absolute atomic E-state index is 13.1. The number of nitrogens with one attached hydrogen (secondary N) is 1. The largest absolute Gasteiger partial charge is 0.497 e. The molecule has 1 aliphatic heterocycles. The van der Waals surface area contributed by atoms with Crippen LogP contribution in [-0.4, -0.2) is 47.6 Å². The molecule has 1 atom stereocenters. The number of carbonyl (C=O) groups excluding carboxylic acids is 1. The summed E-state index contributed by atoms with van der Waals surface area (Å²) in [5.41, 5.74) is 1.86. The molecule has 1 unspecified atom stereocenters. The molecule has 150 valence electrons. The average Bonchev–Trinajstić information content (AvgIpc) is 2.73. The summed E-state index contributed by atoms with van der Waals surface area (Å²) in [6.07, 6.45) is 4.24. The molecule has 7 nitrogen and oxygen atoms in total. The minimum atomic E-state index is -0.0261. The maximum atomic E-state index is 13.1. The van der Waals surface area contributed by atoms with Gasteiger partial charge in [0, 0.05) is 24.3 Å². The number of aromatic nitrogens is 2. The summed E-state index contributed by atoms with van der Waals surface area (Å²) in [6, 6.07) is 7.48. The zero-order valence-electron chi connectivity index (χ0n) is 17.0. The molecule has 1 N–H and O–H groups in total. The number of hydrogen-bond donors (Lipinski definition) is 1. The molecule has 1 fully saturated rings. The molecule has 0 spiro atoms. The molecule has 2 aromatic rings. The molecule has 1 aromatic carbocycles. The van der Waals surface area contributed by atoms with Crippen molar-refractivity contribution in [3.05, 3.63) is 35.7 Å². The van der Waals surface area contributed by atoms with E-state index in [9.17, 15) is 4.79 Å². The van der Waals surface area contributed by atoms with E-state index in [1.807, 2.05) is 24.0 Å². The quantitative estimate of drug-likeness (QED) is 0.813. The van der Waals surface area contributed by atoms with Crippen molar-refractivity contribution in [2.45, 2.75) is 45.6 Å². The number of amides is 1. The number of benzene rings is 1. The second-order valence-electron chi connectivity index (χ2n) is 6.97. The van der Waals surface area contributed by atoms with E-state index in [1.54, 1.807) is 26.4 Å². The van der Waals surface area contributed by atoms with Crippen LogP contribution in [0.15, 0.2) is 24.3 Å². The zero-order chi connectivity index (χ0) is 20.1. The number of methoxy groups -OCH3 is 2. The molecule has 0 bridgehead atoms. The number of likely N-dealkylation sites (tertiary alicyclic amines) is 1. The van der Waals surface area contributed by atoms with Crippen LogP contribution in [0, 0.1) is 6.92 Å². The minimum absolute atomic E-state index is 0.0261. The number of carbonyl (C=O) groups is 1. The van der Waals surface area contributed by atoms with Crippen LogP contribution in [-0.2, 0) is 0 Å². The smallest absolute Gasteiger partial charge is 0.272 e. The van der Waals surface area contributed by atoms with Crippen molar-refractivity contribution in [3.63, 3.8) is 0 Å². The lowest BCUT2D eigenvalue weighted by molar-refractivity contribution is 0.0602. The molecule has 1 amide bonds. The van der Waals surface area contributed by atoms with Gasteiger partial charge in [-0.1, -0.05) is 6.92 Å². The summed E-state index contributed by atoms with van der Waals surface area (Å²) in [5.74, 6) is 1.65. The van der Waals surface area contributed by atoms with E-state index in [4.69, 9.17) is 9.47 Å². The lowest BCUT2D eigenvalue weighted by Crippen LogP contribution is -2.43. The Kier molecular flexibility index (Phi) is 6.34. The van der Waals surface area contributed by atoms with Crippen molar-refractivity contribution in [1.29, 1.82) is 0 Å². The molecular weight excluding hydrogens is 356 g/mol. The first-order valence-electron chi connectivity index (χ1n) is 9.71. The number of hydrogen-bond acceptors (Lipinski definition) is 6. The van der Waals surface area contributed by atoms with Crippen LogP contribution < -0.4 is 14.8 Å². The van der Waals surface area contributed by atoms with Crippen LogP contribution >= 0.6 is 0 Å². The fraction of sp³-hybridized carbons (Fsp3) is 0.476. The van der Waals surface area contributed by atoms with Gasteiger partial charge in [-0.15, -0.1) is 0 Å². The van der Waals surface area contributed by atoms with Crippen LogP contribution in [0.25, 0.3) is 0 Å². The van der Waals surface area contributed by atoms with E-state index >= 15 is 0 Å². The van der Waals surface area contributed by atoms with Crippen molar-refractivity contribution in [1.82, 2.24) is 14.9 Å². The highest BCUT2D eigenvalue weighted by atomic mass is 16.5. The number of piperidine rings is 1. The fourth-order valence-corrected chi connectivity index (χ4v) is 3.60. The predicted molar refractivity (Wildman–Crippen MR) is 109 cm³/mol. The van der Waals surface area contributed by atoms with Gasteiger partial charge in [-0.25, -0.2) is 9.97 Å². The van der Waals surface area contributed by atoms with E-state index < -0.39 is 0 Å². The molecule has 7 heteroatoms. The first-order valence-corrected chi connectivity index (χ1v) is 9.71. The standard InChI is InChI=1S/C21H28N4O3/c1-5-15-8-6-7-11-25(15)20(26)18-12-14(2)22-21(24-18)23-17-10-9-16(27-3)13-19(17)28-4/h9-10,12-13,15H,5-8,11H2,1-4H3,(H,22,23,24). The van der Waals surface area contributed by atoms with Crippen molar-refractivity contribution < 1.29 is 14.3 Å². The van der Waals surface area contributed by atoms with Gasteiger partial charge in [-0.2, -0.15) is 0 Å². The van der Waals surface area contributed by atoms with Gasteiger partial charge in [0.1, 0.15) is 17.2 Å². The first-order chi connectivity index (χ1) is 13.5. The Morgan fingerprint density at radius 1 is 1.21 bits per heavy atom. The Balaban J connectivity index is 1.86. The second kappa shape index (κ2) is 8.91. The normalized spacial score (nSPS) is 16.6. The van der Waals surface area contributed by atoms with Crippen LogP contribution in [0.5, 0.6) is 11.5 Å². The van der Waals surface area contributed by atoms with Gasteiger partial charge in [0.15, 0.2) is 0 Å². The lowest BCUT2D eigenvalue weighted by atomic mass is 9.99. The van der Waals surface area contributed by atoms with Gasteiger partial charge < -0.3 is 19.7 Å². The number of ether oxygens (including phenoxy) is 2. The number of rotatable bonds is 6. The van der Waals surface area contributed by atoms with Gasteiger partial charge in [0.25, 0.3) is 5.91 Å². The van der Waals surface area contributed by atoms with Gasteiger partial charge in [-0.05, 0) is 50.8 Å². The number of aryl methyl sites for hydroxylation is 1. The van der Waals surface area contributed by atoms with E-state index in [1.165, 1.54) is 6.42 Å². The van der Waals surface area contributed by atoms with Gasteiger partial charge in [-0.3, -0.25) is 4.79 Å². The van der Waals surface area contributed by atoms with Gasteiger partial charge in [0.05, 0.1) is 19.9 Å². The summed E-state index contributed by atoms with van der Waals surface area (Å²) >= 11 is 0. The van der Waals surface area contributed by atoms with Crippen LogP contribution in [0.4, 0.5) is 11.6 Å². The second-order valence-corrected chi connectivity index (χ2v) is 6.97. The minimum Gasteiger partial charge on any atom is -0.497 e. The summed E-state index contributed by atoms with van der Waals surface area (Å²) in [6.45, 7) is 4.78. The highest BCUT2D eigenvalue weighted by Crippen LogP contribution is 2.31. The Bertz CT molecular complexity index is 840. The Morgan fingerprint density at radius 2 is 2.04 bits per heavy atom. The topological polar surface area (TPSA) is 76.6 Å². The summed E-state index contributed by atoms with van der Waals surface area (Å²) in [4.78, 5) is 24.0. The Labute approximate surface area is 166 Å². The molecule has 2 heterocycles. The molecule has 3 rings (SSSR count). The van der Waals surface area contributed by atoms with E-state index in [-0.39, 0.29) is 11.9 Å². The van der Waals surface area contributed by atoms with Crippen molar-refractivity contribution in [3.8, 4) is 11.5 Å². The summed E-state index contributed by atoms with van der Waals surface area (Å²) in [5, 5.41) is 3.17. The fourth-order valence-electron chi connectivity index (χ4n) is 3.60. The zero-order valence-corrected chi connectivity index (χ0v) is 17.0. The molecule has 1 aromatic heterocycles. The lowest BCUT2D eigenvalue weighted by Gasteiger charge is -2.35.